The summed E-state index contributed by atoms with van der Waals surface area (Å²) in [7, 11) is 0. The molecule has 174 valence electrons. The Morgan fingerprint density at radius 3 is 2.30 bits per heavy atom. The second kappa shape index (κ2) is 8.73. The van der Waals surface area contributed by atoms with Crippen molar-refractivity contribution in [3.05, 3.63) is 65.2 Å². The highest BCUT2D eigenvalue weighted by Gasteiger charge is 2.45. The molecule has 2 aromatic rings. The van der Waals surface area contributed by atoms with E-state index in [4.69, 9.17) is 0 Å². The number of benzene rings is 2. The fourth-order valence-corrected chi connectivity index (χ4v) is 5.52. The first-order valence-corrected chi connectivity index (χ1v) is 12.2. The number of amides is 4. The molecule has 0 bridgehead atoms. The van der Waals surface area contributed by atoms with Crippen LogP contribution in [0.3, 0.4) is 0 Å². The van der Waals surface area contributed by atoms with Crippen molar-refractivity contribution in [2.24, 2.45) is 5.41 Å². The number of anilines is 1. The zero-order valence-corrected chi connectivity index (χ0v) is 19.6. The lowest BCUT2D eigenvalue weighted by molar-refractivity contribution is 0.127. The fourth-order valence-electron chi connectivity index (χ4n) is 5.52. The monoisotopic (exact) mass is 446 g/mol. The molecule has 2 atom stereocenters. The van der Waals surface area contributed by atoms with Crippen molar-refractivity contribution in [2.75, 3.05) is 31.5 Å². The Morgan fingerprint density at radius 2 is 1.61 bits per heavy atom. The smallest absolute Gasteiger partial charge is 0.321 e. The summed E-state index contributed by atoms with van der Waals surface area (Å²) in [6.45, 7) is 7.17. The standard InChI is InChI=1S/C27H34N4O2/c1-19-8-9-23(20(2)16-19)28-25(32)30-13-10-27(11-14-30)12-15-31(18-27)26(33)29-24-17-22(24)21-6-4-3-5-7-21/h3-9,16,22,24H,10-15,17-18H2,1-2H3,(H,28,32)(H,29,33). The molecule has 1 spiro atoms. The first-order valence-electron chi connectivity index (χ1n) is 12.2. The molecule has 0 radical (unpaired) electrons. The van der Waals surface area contributed by atoms with Crippen molar-refractivity contribution in [3.63, 3.8) is 0 Å². The van der Waals surface area contributed by atoms with Gasteiger partial charge in [0.25, 0.3) is 0 Å². The number of hydrogen-bond acceptors (Lipinski definition) is 2. The van der Waals surface area contributed by atoms with Crippen molar-refractivity contribution in [3.8, 4) is 0 Å². The summed E-state index contributed by atoms with van der Waals surface area (Å²) in [6.07, 6.45) is 3.96. The molecule has 4 amide bonds. The number of likely N-dealkylation sites (tertiary alicyclic amines) is 2. The van der Waals surface area contributed by atoms with E-state index in [0.29, 0.717) is 5.92 Å². The third kappa shape index (κ3) is 4.70. The number of aryl methyl sites for hydroxylation is 2. The van der Waals surface area contributed by atoms with E-state index in [0.717, 1.165) is 63.1 Å². The van der Waals surface area contributed by atoms with Gasteiger partial charge in [0.1, 0.15) is 0 Å². The molecule has 2 aromatic carbocycles. The van der Waals surface area contributed by atoms with Crippen LogP contribution >= 0.6 is 0 Å². The molecule has 3 fully saturated rings. The summed E-state index contributed by atoms with van der Waals surface area (Å²) in [6, 6.07) is 16.8. The van der Waals surface area contributed by atoms with E-state index >= 15 is 0 Å². The second-order valence-corrected chi connectivity index (χ2v) is 10.2. The lowest BCUT2D eigenvalue weighted by Gasteiger charge is -2.39. The summed E-state index contributed by atoms with van der Waals surface area (Å²) >= 11 is 0. The Morgan fingerprint density at radius 1 is 0.909 bits per heavy atom. The van der Waals surface area contributed by atoms with E-state index in [9.17, 15) is 9.59 Å². The quantitative estimate of drug-likeness (QED) is 0.705. The van der Waals surface area contributed by atoms with E-state index in [1.54, 1.807) is 0 Å². The van der Waals surface area contributed by atoms with Gasteiger partial charge in [-0.15, -0.1) is 0 Å². The molecular weight excluding hydrogens is 412 g/mol. The van der Waals surface area contributed by atoms with Gasteiger partial charge in [-0.3, -0.25) is 0 Å². The van der Waals surface area contributed by atoms with Gasteiger partial charge >= 0.3 is 12.1 Å². The number of nitrogens with zero attached hydrogens (tertiary/aromatic N) is 2. The zero-order chi connectivity index (χ0) is 23.0. The van der Waals surface area contributed by atoms with Gasteiger partial charge in [0, 0.05) is 43.8 Å². The zero-order valence-electron chi connectivity index (χ0n) is 19.6. The van der Waals surface area contributed by atoms with Crippen LogP contribution < -0.4 is 10.6 Å². The minimum atomic E-state index is -0.0231. The third-order valence-corrected chi connectivity index (χ3v) is 7.79. The molecule has 1 aliphatic carbocycles. The Kier molecular flexibility index (Phi) is 5.77. The summed E-state index contributed by atoms with van der Waals surface area (Å²) in [5, 5.41) is 6.31. The first-order chi connectivity index (χ1) is 15.9. The summed E-state index contributed by atoms with van der Waals surface area (Å²) in [5.41, 5.74) is 4.61. The van der Waals surface area contributed by atoms with Crippen molar-refractivity contribution in [2.45, 2.75) is 51.5 Å². The molecule has 33 heavy (non-hydrogen) atoms. The molecule has 3 aliphatic rings. The van der Waals surface area contributed by atoms with Crippen LogP contribution in [0, 0.1) is 19.3 Å². The molecule has 1 saturated carbocycles. The van der Waals surface area contributed by atoms with Gasteiger partial charge in [-0.1, -0.05) is 48.0 Å². The molecule has 0 aromatic heterocycles. The normalized spacial score (nSPS) is 23.5. The molecule has 2 heterocycles. The average Bonchev–Trinajstić information content (AvgIpc) is 3.46. The average molecular weight is 447 g/mol. The van der Waals surface area contributed by atoms with Crippen LogP contribution in [0.5, 0.6) is 0 Å². The summed E-state index contributed by atoms with van der Waals surface area (Å²) in [4.78, 5) is 29.6. The highest BCUT2D eigenvalue weighted by Crippen LogP contribution is 2.43. The number of piperidine rings is 1. The number of urea groups is 2. The van der Waals surface area contributed by atoms with Crippen LogP contribution in [0.4, 0.5) is 15.3 Å². The van der Waals surface area contributed by atoms with E-state index < -0.39 is 0 Å². The molecule has 2 unspecified atom stereocenters. The minimum Gasteiger partial charge on any atom is -0.335 e. The Labute approximate surface area is 196 Å². The van der Waals surface area contributed by atoms with E-state index in [1.165, 1.54) is 11.1 Å². The highest BCUT2D eigenvalue weighted by molar-refractivity contribution is 5.90. The van der Waals surface area contributed by atoms with Crippen LogP contribution in [-0.2, 0) is 0 Å². The maximum absolute atomic E-state index is 12.9. The second-order valence-electron chi connectivity index (χ2n) is 10.2. The summed E-state index contributed by atoms with van der Waals surface area (Å²) in [5.74, 6) is 0.450. The lowest BCUT2D eigenvalue weighted by atomic mass is 9.78. The van der Waals surface area contributed by atoms with Gasteiger partial charge in [0.2, 0.25) is 0 Å². The lowest BCUT2D eigenvalue weighted by Crippen LogP contribution is -2.47. The van der Waals surface area contributed by atoms with Crippen LogP contribution in [-0.4, -0.2) is 54.1 Å². The van der Waals surface area contributed by atoms with Crippen molar-refractivity contribution in [1.29, 1.82) is 0 Å². The van der Waals surface area contributed by atoms with Crippen LogP contribution in [0.2, 0.25) is 0 Å². The molecule has 5 rings (SSSR count). The SMILES string of the molecule is Cc1ccc(NC(=O)N2CCC3(CC2)CCN(C(=O)NC2CC2c2ccccc2)C3)c(C)c1. The topological polar surface area (TPSA) is 64.7 Å². The predicted molar refractivity (Wildman–Crippen MR) is 130 cm³/mol. The number of hydrogen-bond donors (Lipinski definition) is 2. The van der Waals surface area contributed by atoms with Crippen LogP contribution in [0.1, 0.15) is 48.3 Å². The van der Waals surface area contributed by atoms with E-state index in [-0.39, 0.29) is 23.5 Å². The van der Waals surface area contributed by atoms with Crippen molar-refractivity contribution in [1.82, 2.24) is 15.1 Å². The van der Waals surface area contributed by atoms with Gasteiger partial charge in [0.15, 0.2) is 0 Å². The van der Waals surface area contributed by atoms with Gasteiger partial charge in [-0.25, -0.2) is 9.59 Å². The fraction of sp³-hybridized carbons (Fsp3) is 0.481. The Balaban J connectivity index is 1.10. The van der Waals surface area contributed by atoms with Crippen LogP contribution in [0.15, 0.2) is 48.5 Å². The van der Waals surface area contributed by atoms with Gasteiger partial charge in [-0.2, -0.15) is 0 Å². The van der Waals surface area contributed by atoms with Gasteiger partial charge in [-0.05, 0) is 62.1 Å². The minimum absolute atomic E-state index is 0.0231. The largest absolute Gasteiger partial charge is 0.335 e. The predicted octanol–water partition coefficient (Wildman–Crippen LogP) is 4.89. The first kappa shape index (κ1) is 21.8. The van der Waals surface area contributed by atoms with Crippen molar-refractivity contribution >= 4 is 17.7 Å². The third-order valence-electron chi connectivity index (χ3n) is 7.79. The Bertz CT molecular complexity index is 1030. The number of carbonyl (C=O) groups is 2. The Hall–Kier alpha value is -3.02. The number of rotatable bonds is 3. The van der Waals surface area contributed by atoms with Gasteiger partial charge < -0.3 is 20.4 Å². The van der Waals surface area contributed by atoms with E-state index in [1.807, 2.05) is 34.9 Å². The maximum atomic E-state index is 12.9. The highest BCUT2D eigenvalue weighted by atomic mass is 16.2. The molecule has 6 heteroatoms. The molecule has 2 aliphatic heterocycles. The van der Waals surface area contributed by atoms with Gasteiger partial charge in [0.05, 0.1) is 0 Å². The maximum Gasteiger partial charge on any atom is 0.321 e. The van der Waals surface area contributed by atoms with E-state index in [2.05, 4.69) is 47.9 Å². The number of carbonyl (C=O) groups excluding carboxylic acids is 2. The molecule has 2 N–H and O–H groups in total. The molecule has 2 saturated heterocycles. The molecular formula is C27H34N4O2. The van der Waals surface area contributed by atoms with Crippen molar-refractivity contribution < 1.29 is 9.59 Å². The van der Waals surface area contributed by atoms with Crippen LogP contribution in [0.25, 0.3) is 0 Å². The summed E-state index contributed by atoms with van der Waals surface area (Å²) < 4.78 is 0. The number of nitrogens with one attached hydrogen (secondary N) is 2. The molecule has 6 nitrogen and oxygen atoms in total.